The molecule has 0 radical (unpaired) electrons. The smallest absolute Gasteiger partial charge is 0.271 e. The van der Waals surface area contributed by atoms with Gasteiger partial charge in [-0.15, -0.1) is 0 Å². The van der Waals surface area contributed by atoms with E-state index in [-0.39, 0.29) is 5.91 Å². The Morgan fingerprint density at radius 3 is 2.12 bits per heavy atom. The van der Waals surface area contributed by atoms with Crippen molar-refractivity contribution < 1.29 is 19.0 Å². The molecule has 2 aromatic rings. The maximum Gasteiger partial charge on any atom is 0.271 e. The van der Waals surface area contributed by atoms with Gasteiger partial charge in [-0.05, 0) is 36.4 Å². The SMILES string of the molecule is COc1cc(/C=N\NC(=O)c2ccc(Cl)cc2)cc(OC)c1OC. The van der Waals surface area contributed by atoms with Crippen LogP contribution in [-0.4, -0.2) is 33.5 Å². The normalized spacial score (nSPS) is 10.5. The maximum absolute atomic E-state index is 12.0. The topological polar surface area (TPSA) is 69.2 Å². The molecule has 6 nitrogen and oxygen atoms in total. The Kier molecular flexibility index (Phi) is 6.03. The summed E-state index contributed by atoms with van der Waals surface area (Å²) < 4.78 is 15.8. The Balaban J connectivity index is 2.14. The summed E-state index contributed by atoms with van der Waals surface area (Å²) in [5.41, 5.74) is 3.59. The van der Waals surface area contributed by atoms with Crippen LogP contribution in [0, 0.1) is 0 Å². The van der Waals surface area contributed by atoms with Crippen molar-refractivity contribution in [1.29, 1.82) is 0 Å². The molecule has 0 heterocycles. The van der Waals surface area contributed by atoms with Crippen molar-refractivity contribution in [2.24, 2.45) is 5.10 Å². The lowest BCUT2D eigenvalue weighted by atomic mass is 10.2. The summed E-state index contributed by atoms with van der Waals surface area (Å²) >= 11 is 5.79. The number of nitrogens with one attached hydrogen (secondary N) is 1. The third-order valence-electron chi connectivity index (χ3n) is 3.17. The average molecular weight is 349 g/mol. The lowest BCUT2D eigenvalue weighted by Gasteiger charge is -2.12. The number of halogens is 1. The fourth-order valence-electron chi connectivity index (χ4n) is 2.01. The Morgan fingerprint density at radius 1 is 1.04 bits per heavy atom. The second-order valence-corrected chi connectivity index (χ2v) is 5.10. The molecule has 0 unspecified atom stereocenters. The molecular weight excluding hydrogens is 332 g/mol. The molecule has 7 heteroatoms. The highest BCUT2D eigenvalue weighted by Gasteiger charge is 2.12. The molecule has 0 saturated carbocycles. The first-order valence-electron chi connectivity index (χ1n) is 6.98. The molecule has 0 atom stereocenters. The molecule has 0 bridgehead atoms. The second kappa shape index (κ2) is 8.21. The highest BCUT2D eigenvalue weighted by Crippen LogP contribution is 2.37. The van der Waals surface area contributed by atoms with Gasteiger partial charge in [0.25, 0.3) is 5.91 Å². The van der Waals surface area contributed by atoms with Gasteiger partial charge in [-0.3, -0.25) is 4.79 Å². The monoisotopic (exact) mass is 348 g/mol. The standard InChI is InChI=1S/C17H17ClN2O4/c1-22-14-8-11(9-15(23-2)16(14)24-3)10-19-20-17(21)12-4-6-13(18)7-5-12/h4-10H,1-3H3,(H,20,21)/b19-10-. The van der Waals surface area contributed by atoms with Crippen molar-refractivity contribution in [1.82, 2.24) is 5.43 Å². The molecule has 126 valence electrons. The van der Waals surface area contributed by atoms with Crippen LogP contribution in [0.25, 0.3) is 0 Å². The molecule has 0 spiro atoms. The van der Waals surface area contributed by atoms with Gasteiger partial charge in [0.05, 0.1) is 27.5 Å². The largest absolute Gasteiger partial charge is 0.493 e. The first-order valence-corrected chi connectivity index (χ1v) is 7.35. The number of amides is 1. The lowest BCUT2D eigenvalue weighted by molar-refractivity contribution is 0.0955. The van der Waals surface area contributed by atoms with Crippen LogP contribution in [0.15, 0.2) is 41.5 Å². The van der Waals surface area contributed by atoms with E-state index in [1.54, 1.807) is 36.4 Å². The number of nitrogens with zero attached hydrogens (tertiary/aromatic N) is 1. The molecule has 1 amide bonds. The van der Waals surface area contributed by atoms with Crippen LogP contribution in [0.5, 0.6) is 17.2 Å². The van der Waals surface area contributed by atoms with Gasteiger partial charge in [-0.2, -0.15) is 5.10 Å². The summed E-state index contributed by atoms with van der Waals surface area (Å²) in [6, 6.07) is 9.95. The summed E-state index contributed by atoms with van der Waals surface area (Å²) in [4.78, 5) is 12.0. The first-order chi connectivity index (χ1) is 11.6. The van der Waals surface area contributed by atoms with Gasteiger partial charge >= 0.3 is 0 Å². The summed E-state index contributed by atoms with van der Waals surface area (Å²) in [6.45, 7) is 0. The molecule has 24 heavy (non-hydrogen) atoms. The number of ether oxygens (including phenoxy) is 3. The third-order valence-corrected chi connectivity index (χ3v) is 3.43. The van der Waals surface area contributed by atoms with Gasteiger partial charge in [-0.1, -0.05) is 11.6 Å². The maximum atomic E-state index is 12.0. The summed E-state index contributed by atoms with van der Waals surface area (Å²) in [6.07, 6.45) is 1.48. The van der Waals surface area contributed by atoms with Crippen LogP contribution in [0.2, 0.25) is 5.02 Å². The van der Waals surface area contributed by atoms with Crippen molar-refractivity contribution in [2.45, 2.75) is 0 Å². The molecular formula is C17H17ClN2O4. The van der Waals surface area contributed by atoms with Gasteiger partial charge in [0, 0.05) is 16.1 Å². The first kappa shape index (κ1) is 17.6. The van der Waals surface area contributed by atoms with E-state index >= 15 is 0 Å². The number of benzene rings is 2. The highest BCUT2D eigenvalue weighted by molar-refractivity contribution is 6.30. The zero-order valence-corrected chi connectivity index (χ0v) is 14.3. The molecule has 0 fully saturated rings. The predicted molar refractivity (Wildman–Crippen MR) is 92.6 cm³/mol. The van der Waals surface area contributed by atoms with E-state index in [1.807, 2.05) is 0 Å². The molecule has 2 aromatic carbocycles. The number of rotatable bonds is 6. The second-order valence-electron chi connectivity index (χ2n) is 4.66. The predicted octanol–water partition coefficient (Wildman–Crippen LogP) is 3.13. The van der Waals surface area contributed by atoms with E-state index in [1.165, 1.54) is 27.5 Å². The number of carbonyl (C=O) groups excluding carboxylic acids is 1. The van der Waals surface area contributed by atoms with Crippen LogP contribution in [-0.2, 0) is 0 Å². The quantitative estimate of drug-likeness (QED) is 0.643. The van der Waals surface area contributed by atoms with Gasteiger partial charge < -0.3 is 14.2 Å². The van der Waals surface area contributed by atoms with Gasteiger partial charge in [0.1, 0.15) is 0 Å². The minimum atomic E-state index is -0.338. The Labute approximate surface area is 145 Å². The summed E-state index contributed by atoms with van der Waals surface area (Å²) in [5.74, 6) is 1.15. The molecule has 0 aromatic heterocycles. The highest BCUT2D eigenvalue weighted by atomic mass is 35.5. The van der Waals surface area contributed by atoms with Crippen molar-refractivity contribution in [3.05, 3.63) is 52.5 Å². The summed E-state index contributed by atoms with van der Waals surface area (Å²) in [5, 5.41) is 4.50. The van der Waals surface area contributed by atoms with Crippen LogP contribution in [0.1, 0.15) is 15.9 Å². The number of hydrogen-bond acceptors (Lipinski definition) is 5. The van der Waals surface area contributed by atoms with Crippen LogP contribution < -0.4 is 19.6 Å². The minimum absolute atomic E-state index is 0.338. The molecule has 0 saturated heterocycles. The number of carbonyl (C=O) groups is 1. The minimum Gasteiger partial charge on any atom is -0.493 e. The van der Waals surface area contributed by atoms with Crippen molar-refractivity contribution >= 4 is 23.7 Å². The number of hydrazone groups is 1. The molecule has 0 aliphatic rings. The van der Waals surface area contributed by atoms with Crippen LogP contribution in [0.3, 0.4) is 0 Å². The fraction of sp³-hybridized carbons (Fsp3) is 0.176. The Bertz CT molecular complexity index is 720. The molecule has 1 N–H and O–H groups in total. The molecule has 2 rings (SSSR count). The molecule has 0 aliphatic carbocycles. The van der Waals surface area contributed by atoms with Gasteiger partial charge in [0.15, 0.2) is 11.5 Å². The van der Waals surface area contributed by atoms with E-state index in [9.17, 15) is 4.79 Å². The van der Waals surface area contributed by atoms with Crippen molar-refractivity contribution in [3.63, 3.8) is 0 Å². The van der Waals surface area contributed by atoms with Gasteiger partial charge in [-0.25, -0.2) is 5.43 Å². The van der Waals surface area contributed by atoms with Crippen LogP contribution >= 0.6 is 11.6 Å². The van der Waals surface area contributed by atoms with Crippen LogP contribution in [0.4, 0.5) is 0 Å². The number of methoxy groups -OCH3 is 3. The fourth-order valence-corrected chi connectivity index (χ4v) is 2.13. The molecule has 0 aliphatic heterocycles. The summed E-state index contributed by atoms with van der Waals surface area (Å²) in [7, 11) is 4.58. The zero-order valence-electron chi connectivity index (χ0n) is 13.5. The van der Waals surface area contributed by atoms with Crippen molar-refractivity contribution in [3.8, 4) is 17.2 Å². The van der Waals surface area contributed by atoms with E-state index in [4.69, 9.17) is 25.8 Å². The van der Waals surface area contributed by atoms with E-state index in [0.717, 1.165) is 0 Å². The lowest BCUT2D eigenvalue weighted by Crippen LogP contribution is -2.17. The zero-order chi connectivity index (χ0) is 17.5. The average Bonchev–Trinajstić information content (AvgIpc) is 2.61. The van der Waals surface area contributed by atoms with E-state index in [0.29, 0.717) is 33.4 Å². The van der Waals surface area contributed by atoms with E-state index < -0.39 is 0 Å². The van der Waals surface area contributed by atoms with E-state index in [2.05, 4.69) is 10.5 Å². The Hall–Kier alpha value is -2.73. The van der Waals surface area contributed by atoms with Gasteiger partial charge in [0.2, 0.25) is 5.75 Å². The third kappa shape index (κ3) is 4.17. The Morgan fingerprint density at radius 2 is 1.62 bits per heavy atom. The van der Waals surface area contributed by atoms with Crippen molar-refractivity contribution in [2.75, 3.05) is 21.3 Å². The number of hydrogen-bond donors (Lipinski definition) is 1.